The summed E-state index contributed by atoms with van der Waals surface area (Å²) in [5.74, 6) is -2.43. The highest BCUT2D eigenvalue weighted by Crippen LogP contribution is 2.32. The summed E-state index contributed by atoms with van der Waals surface area (Å²) in [6, 6.07) is 9.02. The zero-order valence-electron chi connectivity index (χ0n) is 18.0. The number of carbonyl (C=O) groups is 3. The van der Waals surface area contributed by atoms with Gasteiger partial charge in [-0.3, -0.25) is 34.2 Å². The normalized spacial score (nSPS) is 13.7. The van der Waals surface area contributed by atoms with E-state index in [9.17, 15) is 29.3 Å². The second kappa shape index (κ2) is 7.98. The molecule has 13 nitrogen and oxygen atoms in total. The molecule has 2 N–H and O–H groups in total. The Morgan fingerprint density at radius 2 is 1.89 bits per heavy atom. The van der Waals surface area contributed by atoms with Gasteiger partial charge in [-0.15, -0.1) is 0 Å². The third-order valence-corrected chi connectivity index (χ3v) is 5.65. The number of para-hydroxylation sites is 2. The fraction of sp³-hybridized carbons (Fsp3) is 0.0909. The van der Waals surface area contributed by atoms with Gasteiger partial charge in [-0.2, -0.15) is 5.10 Å². The molecule has 1 unspecified atom stereocenters. The van der Waals surface area contributed by atoms with Crippen molar-refractivity contribution >= 4 is 40.1 Å². The summed E-state index contributed by atoms with van der Waals surface area (Å²) in [7, 11) is 0. The highest BCUT2D eigenvalue weighted by molar-refractivity contribution is 6.25. The number of H-pyrrole nitrogens is 1. The van der Waals surface area contributed by atoms with Gasteiger partial charge in [0.25, 0.3) is 23.1 Å². The predicted octanol–water partition coefficient (Wildman–Crippen LogP) is 1.64. The van der Waals surface area contributed by atoms with Crippen molar-refractivity contribution in [2.24, 2.45) is 0 Å². The molecule has 2 aromatic carbocycles. The van der Waals surface area contributed by atoms with E-state index in [1.807, 2.05) is 0 Å². The Bertz CT molecular complexity index is 1620. The van der Waals surface area contributed by atoms with Crippen LogP contribution in [0.25, 0.3) is 16.7 Å². The number of nitrogens with zero attached hydrogens (tertiary/aromatic N) is 5. The van der Waals surface area contributed by atoms with E-state index in [4.69, 9.17) is 0 Å². The molecule has 174 valence electrons. The van der Waals surface area contributed by atoms with E-state index >= 15 is 0 Å². The van der Waals surface area contributed by atoms with Crippen molar-refractivity contribution in [3.05, 3.63) is 86.6 Å². The quantitative estimate of drug-likeness (QED) is 0.250. The number of nitro groups is 1. The van der Waals surface area contributed by atoms with Crippen LogP contribution >= 0.6 is 0 Å². The molecule has 35 heavy (non-hydrogen) atoms. The summed E-state index contributed by atoms with van der Waals surface area (Å²) in [6.45, 7) is 1.34. The summed E-state index contributed by atoms with van der Waals surface area (Å²) in [5.41, 5.74) is -0.440. The molecule has 1 aliphatic rings. The van der Waals surface area contributed by atoms with Crippen LogP contribution in [0, 0.1) is 10.1 Å². The number of imide groups is 1. The van der Waals surface area contributed by atoms with E-state index in [-0.39, 0.29) is 33.4 Å². The van der Waals surface area contributed by atoms with E-state index < -0.39 is 34.4 Å². The standard InChI is InChI=1S/C22H15N7O6/c1-11(27-21(32)12-5-4-8-16(29(34)35)17(12)22(27)33)19(30)26-14-6-2-3-7-15(14)28-18-13(9-25-28)20(31)24-10-23-18/h2-11H,1H3,(H,26,30)(H,23,24,31). The van der Waals surface area contributed by atoms with Gasteiger partial charge in [0, 0.05) is 6.07 Å². The van der Waals surface area contributed by atoms with Gasteiger partial charge in [0.05, 0.1) is 34.4 Å². The van der Waals surface area contributed by atoms with Crippen LogP contribution in [0.15, 0.2) is 59.8 Å². The number of hydrogen-bond donors (Lipinski definition) is 2. The number of fused-ring (bicyclic) bond motifs is 2. The smallest absolute Gasteiger partial charge is 0.282 e. The fourth-order valence-electron chi connectivity index (χ4n) is 3.94. The average molecular weight is 473 g/mol. The van der Waals surface area contributed by atoms with Crippen LogP contribution in [0.5, 0.6) is 0 Å². The first kappa shape index (κ1) is 21.6. The van der Waals surface area contributed by atoms with E-state index in [0.29, 0.717) is 10.6 Å². The molecule has 0 saturated heterocycles. The van der Waals surface area contributed by atoms with Crippen LogP contribution in [0.4, 0.5) is 11.4 Å². The second-order valence-corrected chi connectivity index (χ2v) is 7.64. The highest BCUT2D eigenvalue weighted by atomic mass is 16.6. The summed E-state index contributed by atoms with van der Waals surface area (Å²) < 4.78 is 1.37. The Hall–Kier alpha value is -5.20. The lowest BCUT2D eigenvalue weighted by Crippen LogP contribution is -2.45. The topological polar surface area (TPSA) is 173 Å². The second-order valence-electron chi connectivity index (χ2n) is 7.64. The number of rotatable bonds is 5. The third-order valence-electron chi connectivity index (χ3n) is 5.65. The molecule has 13 heteroatoms. The number of carbonyl (C=O) groups excluding carboxylic acids is 3. The minimum Gasteiger partial charge on any atom is -0.322 e. The lowest BCUT2D eigenvalue weighted by atomic mass is 10.1. The van der Waals surface area contributed by atoms with Gasteiger partial charge in [-0.25, -0.2) is 9.67 Å². The number of aromatic amines is 1. The molecule has 0 spiro atoms. The van der Waals surface area contributed by atoms with Crippen molar-refractivity contribution in [3.8, 4) is 5.69 Å². The SMILES string of the molecule is CC(C(=O)Nc1ccccc1-n1ncc2c(=O)[nH]cnc21)N1C(=O)c2cccc([N+](=O)[O-])c2C1=O. The van der Waals surface area contributed by atoms with Crippen molar-refractivity contribution in [2.75, 3.05) is 5.32 Å². The first-order valence-electron chi connectivity index (χ1n) is 10.3. The van der Waals surface area contributed by atoms with Crippen LogP contribution in [0.3, 0.4) is 0 Å². The van der Waals surface area contributed by atoms with Crippen LogP contribution in [0.2, 0.25) is 0 Å². The number of nitro benzene ring substituents is 1. The van der Waals surface area contributed by atoms with Crippen LogP contribution in [-0.2, 0) is 4.79 Å². The Morgan fingerprint density at radius 1 is 1.11 bits per heavy atom. The van der Waals surface area contributed by atoms with Gasteiger partial charge in [-0.05, 0) is 25.1 Å². The molecule has 0 aliphatic carbocycles. The van der Waals surface area contributed by atoms with Crippen molar-refractivity contribution in [1.29, 1.82) is 0 Å². The maximum Gasteiger partial charge on any atom is 0.282 e. The number of hydrogen-bond acceptors (Lipinski definition) is 8. The molecule has 2 aromatic heterocycles. The largest absolute Gasteiger partial charge is 0.322 e. The van der Waals surface area contributed by atoms with Crippen molar-refractivity contribution in [2.45, 2.75) is 13.0 Å². The molecule has 1 atom stereocenters. The maximum atomic E-state index is 13.1. The lowest BCUT2D eigenvalue weighted by molar-refractivity contribution is -0.385. The Morgan fingerprint density at radius 3 is 2.66 bits per heavy atom. The van der Waals surface area contributed by atoms with Crippen LogP contribution < -0.4 is 10.9 Å². The van der Waals surface area contributed by atoms with Crippen molar-refractivity contribution in [3.63, 3.8) is 0 Å². The summed E-state index contributed by atoms with van der Waals surface area (Å²) >= 11 is 0. The van der Waals surface area contributed by atoms with Crippen LogP contribution in [-0.4, -0.2) is 53.3 Å². The first-order valence-corrected chi connectivity index (χ1v) is 10.3. The molecule has 4 aromatic rings. The van der Waals surface area contributed by atoms with Gasteiger partial charge >= 0.3 is 0 Å². The molecule has 3 amide bonds. The molecular formula is C22H15N7O6. The molecule has 3 heterocycles. The van der Waals surface area contributed by atoms with Gasteiger partial charge in [0.2, 0.25) is 5.91 Å². The molecule has 0 saturated carbocycles. The molecule has 0 radical (unpaired) electrons. The predicted molar refractivity (Wildman–Crippen MR) is 121 cm³/mol. The summed E-state index contributed by atoms with van der Waals surface area (Å²) in [4.78, 5) is 68.8. The van der Waals surface area contributed by atoms with E-state index in [0.717, 1.165) is 6.07 Å². The molecule has 0 bridgehead atoms. The Labute approximate surface area is 195 Å². The number of benzene rings is 2. The lowest BCUT2D eigenvalue weighted by Gasteiger charge is -2.22. The number of amides is 3. The third kappa shape index (κ3) is 3.33. The molecule has 0 fully saturated rings. The molecular weight excluding hydrogens is 458 g/mol. The number of anilines is 1. The van der Waals surface area contributed by atoms with E-state index in [1.165, 1.54) is 36.3 Å². The van der Waals surface area contributed by atoms with Crippen molar-refractivity contribution < 1.29 is 19.3 Å². The summed E-state index contributed by atoms with van der Waals surface area (Å²) in [6.07, 6.45) is 2.57. The number of nitrogens with one attached hydrogen (secondary N) is 2. The van der Waals surface area contributed by atoms with Gasteiger partial charge in [0.1, 0.15) is 17.0 Å². The fourth-order valence-corrected chi connectivity index (χ4v) is 3.94. The average Bonchev–Trinajstić information content (AvgIpc) is 3.39. The van der Waals surface area contributed by atoms with Crippen molar-refractivity contribution in [1.82, 2.24) is 24.6 Å². The minimum absolute atomic E-state index is 0.136. The van der Waals surface area contributed by atoms with E-state index in [2.05, 4.69) is 20.4 Å². The highest BCUT2D eigenvalue weighted by Gasteiger charge is 2.44. The first-order chi connectivity index (χ1) is 16.8. The van der Waals surface area contributed by atoms with Gasteiger partial charge in [0.15, 0.2) is 5.65 Å². The number of aromatic nitrogens is 4. The Balaban J connectivity index is 1.47. The maximum absolute atomic E-state index is 13.1. The zero-order valence-corrected chi connectivity index (χ0v) is 18.0. The zero-order chi connectivity index (χ0) is 24.9. The Kier molecular flexibility index (Phi) is 4.94. The monoisotopic (exact) mass is 473 g/mol. The minimum atomic E-state index is -1.29. The van der Waals surface area contributed by atoms with Gasteiger partial charge < -0.3 is 10.3 Å². The summed E-state index contributed by atoms with van der Waals surface area (Å²) in [5, 5.41) is 18.4. The van der Waals surface area contributed by atoms with Gasteiger partial charge in [-0.1, -0.05) is 18.2 Å². The molecule has 5 rings (SSSR count). The van der Waals surface area contributed by atoms with Crippen LogP contribution in [0.1, 0.15) is 27.6 Å². The van der Waals surface area contributed by atoms with E-state index in [1.54, 1.807) is 24.3 Å². The molecule has 1 aliphatic heterocycles.